The standard InChI is InChI=1S/C13H23N5O2/c1-3-10(13(14)19)18-7-5-17(6-8-18)9-11-15-12(4-2)20-16-11/h10H,3-9H2,1-2H3,(H2,14,19). The molecular formula is C13H23N5O2. The highest BCUT2D eigenvalue weighted by Gasteiger charge is 2.26. The van der Waals surface area contributed by atoms with E-state index in [1.165, 1.54) is 0 Å². The van der Waals surface area contributed by atoms with Crippen molar-refractivity contribution in [2.45, 2.75) is 39.3 Å². The molecule has 0 bridgehead atoms. The van der Waals surface area contributed by atoms with Gasteiger partial charge in [-0.3, -0.25) is 14.6 Å². The zero-order chi connectivity index (χ0) is 14.5. The monoisotopic (exact) mass is 281 g/mol. The number of nitrogens with two attached hydrogens (primary N) is 1. The number of carbonyl (C=O) groups is 1. The number of hydrogen-bond donors (Lipinski definition) is 1. The molecule has 0 spiro atoms. The van der Waals surface area contributed by atoms with Crippen LogP contribution in [0.2, 0.25) is 0 Å². The third-order valence-corrected chi connectivity index (χ3v) is 3.74. The second-order valence-corrected chi connectivity index (χ2v) is 5.10. The van der Waals surface area contributed by atoms with Crippen molar-refractivity contribution in [1.82, 2.24) is 19.9 Å². The molecule has 1 atom stereocenters. The van der Waals surface area contributed by atoms with Gasteiger partial charge < -0.3 is 10.3 Å². The topological polar surface area (TPSA) is 88.5 Å². The second-order valence-electron chi connectivity index (χ2n) is 5.10. The molecule has 0 aromatic carbocycles. The highest BCUT2D eigenvalue weighted by Crippen LogP contribution is 2.11. The highest BCUT2D eigenvalue weighted by atomic mass is 16.5. The van der Waals surface area contributed by atoms with E-state index in [9.17, 15) is 4.79 Å². The fourth-order valence-corrected chi connectivity index (χ4v) is 2.57. The first-order chi connectivity index (χ1) is 9.63. The maximum Gasteiger partial charge on any atom is 0.234 e. The Balaban J connectivity index is 1.83. The first-order valence-electron chi connectivity index (χ1n) is 7.21. The number of aromatic nitrogens is 2. The van der Waals surface area contributed by atoms with Crippen LogP contribution in [-0.2, 0) is 17.8 Å². The molecule has 1 aliphatic heterocycles. The molecule has 2 rings (SSSR count). The highest BCUT2D eigenvalue weighted by molar-refractivity contribution is 5.79. The maximum absolute atomic E-state index is 11.4. The van der Waals surface area contributed by atoms with Crippen molar-refractivity contribution in [2.24, 2.45) is 5.73 Å². The summed E-state index contributed by atoms with van der Waals surface area (Å²) in [5.41, 5.74) is 5.43. The predicted octanol–water partition coefficient (Wildman–Crippen LogP) is 0.0135. The zero-order valence-electron chi connectivity index (χ0n) is 12.2. The average molecular weight is 281 g/mol. The van der Waals surface area contributed by atoms with Crippen molar-refractivity contribution in [2.75, 3.05) is 26.2 Å². The van der Waals surface area contributed by atoms with Gasteiger partial charge in [-0.1, -0.05) is 19.0 Å². The fraction of sp³-hybridized carbons (Fsp3) is 0.769. The van der Waals surface area contributed by atoms with Crippen LogP contribution in [0.15, 0.2) is 4.52 Å². The van der Waals surface area contributed by atoms with Gasteiger partial charge in [0.25, 0.3) is 0 Å². The number of aryl methyl sites for hydroxylation is 1. The summed E-state index contributed by atoms with van der Waals surface area (Å²) in [5.74, 6) is 1.18. The smallest absolute Gasteiger partial charge is 0.234 e. The van der Waals surface area contributed by atoms with Crippen LogP contribution in [-0.4, -0.2) is 58.1 Å². The lowest BCUT2D eigenvalue weighted by atomic mass is 10.1. The summed E-state index contributed by atoms with van der Waals surface area (Å²) in [5, 5.41) is 3.96. The molecule has 1 aromatic rings. The van der Waals surface area contributed by atoms with Crippen molar-refractivity contribution >= 4 is 5.91 Å². The van der Waals surface area contributed by atoms with Crippen LogP contribution in [0.4, 0.5) is 0 Å². The third kappa shape index (κ3) is 3.55. The van der Waals surface area contributed by atoms with E-state index in [-0.39, 0.29) is 11.9 Å². The Bertz CT molecular complexity index is 440. The summed E-state index contributed by atoms with van der Waals surface area (Å²) in [6, 6.07) is -0.144. The Morgan fingerprint density at radius 2 is 2.05 bits per heavy atom. The van der Waals surface area contributed by atoms with E-state index < -0.39 is 0 Å². The fourth-order valence-electron chi connectivity index (χ4n) is 2.57. The summed E-state index contributed by atoms with van der Waals surface area (Å²) < 4.78 is 5.10. The van der Waals surface area contributed by atoms with E-state index in [4.69, 9.17) is 10.3 Å². The van der Waals surface area contributed by atoms with E-state index in [0.717, 1.165) is 44.8 Å². The van der Waals surface area contributed by atoms with Crippen molar-refractivity contribution in [1.29, 1.82) is 0 Å². The van der Waals surface area contributed by atoms with Gasteiger partial charge in [0.2, 0.25) is 11.8 Å². The lowest BCUT2D eigenvalue weighted by molar-refractivity contribution is -0.124. The van der Waals surface area contributed by atoms with Gasteiger partial charge in [0.15, 0.2) is 5.82 Å². The number of rotatable bonds is 6. The van der Waals surface area contributed by atoms with Crippen molar-refractivity contribution in [3.63, 3.8) is 0 Å². The zero-order valence-corrected chi connectivity index (χ0v) is 12.2. The molecule has 1 fully saturated rings. The molecule has 0 radical (unpaired) electrons. The first-order valence-corrected chi connectivity index (χ1v) is 7.21. The van der Waals surface area contributed by atoms with E-state index in [2.05, 4.69) is 19.9 Å². The van der Waals surface area contributed by atoms with Gasteiger partial charge >= 0.3 is 0 Å². The van der Waals surface area contributed by atoms with Gasteiger partial charge in [-0.25, -0.2) is 0 Å². The molecule has 0 aliphatic carbocycles. The Labute approximate surface area is 119 Å². The minimum atomic E-state index is -0.230. The summed E-state index contributed by atoms with van der Waals surface area (Å²) >= 11 is 0. The molecular weight excluding hydrogens is 258 g/mol. The largest absolute Gasteiger partial charge is 0.368 e. The lowest BCUT2D eigenvalue weighted by Gasteiger charge is -2.37. The normalized spacial score (nSPS) is 19.1. The minimum absolute atomic E-state index is 0.144. The molecule has 2 heterocycles. The molecule has 1 aliphatic rings. The third-order valence-electron chi connectivity index (χ3n) is 3.74. The predicted molar refractivity (Wildman–Crippen MR) is 73.8 cm³/mol. The molecule has 20 heavy (non-hydrogen) atoms. The molecule has 7 nitrogen and oxygen atoms in total. The number of nitrogens with zero attached hydrogens (tertiary/aromatic N) is 4. The molecule has 1 aromatic heterocycles. The molecule has 1 amide bonds. The Morgan fingerprint density at radius 1 is 1.35 bits per heavy atom. The Morgan fingerprint density at radius 3 is 2.55 bits per heavy atom. The van der Waals surface area contributed by atoms with Gasteiger partial charge in [-0.2, -0.15) is 4.98 Å². The molecule has 2 N–H and O–H groups in total. The van der Waals surface area contributed by atoms with Crippen LogP contribution in [0, 0.1) is 0 Å². The average Bonchev–Trinajstić information content (AvgIpc) is 2.89. The van der Waals surface area contributed by atoms with E-state index in [1.54, 1.807) is 0 Å². The molecule has 1 saturated heterocycles. The van der Waals surface area contributed by atoms with Gasteiger partial charge in [-0.15, -0.1) is 0 Å². The van der Waals surface area contributed by atoms with E-state index in [0.29, 0.717) is 12.4 Å². The molecule has 7 heteroatoms. The van der Waals surface area contributed by atoms with Crippen LogP contribution in [0.1, 0.15) is 32.0 Å². The van der Waals surface area contributed by atoms with E-state index >= 15 is 0 Å². The SMILES string of the molecule is CCc1nc(CN2CCN(C(CC)C(N)=O)CC2)no1. The molecule has 0 saturated carbocycles. The lowest BCUT2D eigenvalue weighted by Crippen LogP contribution is -2.53. The number of hydrogen-bond acceptors (Lipinski definition) is 6. The number of carbonyl (C=O) groups excluding carboxylic acids is 1. The van der Waals surface area contributed by atoms with Gasteiger partial charge in [0.1, 0.15) is 0 Å². The van der Waals surface area contributed by atoms with Crippen molar-refractivity contribution in [3.05, 3.63) is 11.7 Å². The van der Waals surface area contributed by atoms with Crippen LogP contribution >= 0.6 is 0 Å². The summed E-state index contributed by atoms with van der Waals surface area (Å²) in [4.78, 5) is 20.1. The van der Waals surface area contributed by atoms with Crippen molar-refractivity contribution in [3.8, 4) is 0 Å². The summed E-state index contributed by atoms with van der Waals surface area (Å²) in [6.45, 7) is 8.16. The second kappa shape index (κ2) is 6.81. The van der Waals surface area contributed by atoms with Crippen LogP contribution in [0.3, 0.4) is 0 Å². The van der Waals surface area contributed by atoms with Crippen LogP contribution in [0.25, 0.3) is 0 Å². The first kappa shape index (κ1) is 14.9. The minimum Gasteiger partial charge on any atom is -0.368 e. The Hall–Kier alpha value is -1.47. The summed E-state index contributed by atoms with van der Waals surface area (Å²) in [6.07, 6.45) is 1.53. The van der Waals surface area contributed by atoms with Crippen LogP contribution in [0.5, 0.6) is 0 Å². The van der Waals surface area contributed by atoms with Crippen molar-refractivity contribution < 1.29 is 9.32 Å². The van der Waals surface area contributed by atoms with Crippen LogP contribution < -0.4 is 5.73 Å². The summed E-state index contributed by atoms with van der Waals surface area (Å²) in [7, 11) is 0. The molecule has 1 unspecified atom stereocenters. The quantitative estimate of drug-likeness (QED) is 0.790. The number of amides is 1. The number of primary amides is 1. The van der Waals surface area contributed by atoms with Gasteiger partial charge in [0, 0.05) is 32.6 Å². The Kier molecular flexibility index (Phi) is 5.08. The van der Waals surface area contributed by atoms with Gasteiger partial charge in [0.05, 0.1) is 12.6 Å². The van der Waals surface area contributed by atoms with E-state index in [1.807, 2.05) is 13.8 Å². The molecule has 112 valence electrons. The van der Waals surface area contributed by atoms with Gasteiger partial charge in [-0.05, 0) is 6.42 Å². The maximum atomic E-state index is 11.4. The number of piperazine rings is 1.